The quantitative estimate of drug-likeness (QED) is 0.749. The van der Waals surface area contributed by atoms with Crippen LogP contribution in [0.25, 0.3) is 0 Å². The fourth-order valence-corrected chi connectivity index (χ4v) is 1.73. The second-order valence-corrected chi connectivity index (χ2v) is 4.23. The molecule has 1 heterocycles. The van der Waals surface area contributed by atoms with E-state index in [9.17, 15) is 4.79 Å². The number of carbonyl (C=O) groups is 1. The Morgan fingerprint density at radius 3 is 3.06 bits per heavy atom. The maximum Gasteiger partial charge on any atom is 0.234 e. The molecule has 1 aromatic rings. The number of hydrogen-bond acceptors (Lipinski definition) is 2. The van der Waals surface area contributed by atoms with Crippen molar-refractivity contribution in [3.8, 4) is 0 Å². The first-order valence-corrected chi connectivity index (χ1v) is 5.93. The lowest BCUT2D eigenvalue weighted by molar-refractivity contribution is -0.120. The molecular weight excluding hydrogens is 202 g/mol. The average molecular weight is 221 g/mol. The van der Waals surface area contributed by atoms with E-state index in [0.717, 1.165) is 25.9 Å². The Balaban J connectivity index is 1.68. The molecule has 2 N–H and O–H groups in total. The molecule has 4 nitrogen and oxygen atoms in total. The van der Waals surface area contributed by atoms with Crippen molar-refractivity contribution in [3.63, 3.8) is 0 Å². The molecule has 0 saturated heterocycles. The summed E-state index contributed by atoms with van der Waals surface area (Å²) in [6.45, 7) is 4.24. The van der Waals surface area contributed by atoms with Crippen molar-refractivity contribution in [2.45, 2.75) is 38.9 Å². The van der Waals surface area contributed by atoms with Gasteiger partial charge in [0.25, 0.3) is 0 Å². The van der Waals surface area contributed by atoms with Gasteiger partial charge in [-0.3, -0.25) is 4.79 Å². The van der Waals surface area contributed by atoms with Crippen molar-refractivity contribution in [2.24, 2.45) is 0 Å². The molecule has 1 aliphatic carbocycles. The third kappa shape index (κ3) is 3.10. The summed E-state index contributed by atoms with van der Waals surface area (Å²) in [5.41, 5.74) is 1.22. The van der Waals surface area contributed by atoms with E-state index >= 15 is 0 Å². The van der Waals surface area contributed by atoms with Gasteiger partial charge >= 0.3 is 0 Å². The first-order valence-electron chi connectivity index (χ1n) is 5.93. The van der Waals surface area contributed by atoms with E-state index in [1.165, 1.54) is 5.69 Å². The highest BCUT2D eigenvalue weighted by Gasteiger charge is 2.22. The van der Waals surface area contributed by atoms with E-state index in [0.29, 0.717) is 12.6 Å². The van der Waals surface area contributed by atoms with Crippen molar-refractivity contribution in [3.05, 3.63) is 24.0 Å². The molecule has 0 spiro atoms. The Morgan fingerprint density at radius 2 is 2.38 bits per heavy atom. The molecule has 2 rings (SSSR count). The van der Waals surface area contributed by atoms with E-state index in [1.807, 2.05) is 6.07 Å². The standard InChI is InChI=1S/C12H19N3O/c1-2-15-7-3-4-11(15)8-13-9-12(16)14-10-5-6-10/h3-4,7,10,13H,2,5-6,8-9H2,1H3,(H,14,16). The molecular formula is C12H19N3O. The predicted octanol–water partition coefficient (Wildman–Crippen LogP) is 0.876. The maximum atomic E-state index is 11.4. The number of hydrogen-bond donors (Lipinski definition) is 2. The predicted molar refractivity (Wildman–Crippen MR) is 63.0 cm³/mol. The van der Waals surface area contributed by atoms with Crippen molar-refractivity contribution < 1.29 is 4.79 Å². The first kappa shape index (κ1) is 11.2. The van der Waals surface area contributed by atoms with Gasteiger partial charge in [-0.25, -0.2) is 0 Å². The Bertz CT molecular complexity index is 355. The largest absolute Gasteiger partial charge is 0.352 e. The highest BCUT2D eigenvalue weighted by molar-refractivity contribution is 5.78. The summed E-state index contributed by atoms with van der Waals surface area (Å²) < 4.78 is 2.17. The van der Waals surface area contributed by atoms with Crippen molar-refractivity contribution >= 4 is 5.91 Å². The highest BCUT2D eigenvalue weighted by Crippen LogP contribution is 2.18. The van der Waals surface area contributed by atoms with Gasteiger partial charge in [0.1, 0.15) is 0 Å². The summed E-state index contributed by atoms with van der Waals surface area (Å²) in [4.78, 5) is 11.4. The molecule has 1 amide bonds. The van der Waals surface area contributed by atoms with E-state index in [1.54, 1.807) is 0 Å². The van der Waals surface area contributed by atoms with Crippen LogP contribution < -0.4 is 10.6 Å². The minimum Gasteiger partial charge on any atom is -0.352 e. The molecule has 1 fully saturated rings. The van der Waals surface area contributed by atoms with Crippen LogP contribution in [0, 0.1) is 0 Å². The Labute approximate surface area is 96.0 Å². The molecule has 0 atom stereocenters. The van der Waals surface area contributed by atoms with Crippen LogP contribution in [0.5, 0.6) is 0 Å². The van der Waals surface area contributed by atoms with Gasteiger partial charge in [0.15, 0.2) is 0 Å². The van der Waals surface area contributed by atoms with Gasteiger partial charge in [0.2, 0.25) is 5.91 Å². The Hall–Kier alpha value is -1.29. The van der Waals surface area contributed by atoms with Crippen LogP contribution in [0.15, 0.2) is 18.3 Å². The topological polar surface area (TPSA) is 46.1 Å². The number of aromatic nitrogens is 1. The van der Waals surface area contributed by atoms with Gasteiger partial charge in [-0.1, -0.05) is 0 Å². The summed E-state index contributed by atoms with van der Waals surface area (Å²) >= 11 is 0. The van der Waals surface area contributed by atoms with Crippen LogP contribution >= 0.6 is 0 Å². The summed E-state index contributed by atoms with van der Waals surface area (Å²) in [5.74, 6) is 0.108. The van der Waals surface area contributed by atoms with Gasteiger partial charge in [-0.05, 0) is 31.9 Å². The summed E-state index contributed by atoms with van der Waals surface area (Å²) in [6, 6.07) is 4.56. The smallest absolute Gasteiger partial charge is 0.234 e. The van der Waals surface area contributed by atoms with E-state index in [2.05, 4.69) is 34.4 Å². The lowest BCUT2D eigenvalue weighted by Gasteiger charge is -2.08. The second kappa shape index (κ2) is 5.16. The monoisotopic (exact) mass is 221 g/mol. The lowest BCUT2D eigenvalue weighted by Crippen LogP contribution is -2.35. The number of carbonyl (C=O) groups excluding carboxylic acids is 1. The lowest BCUT2D eigenvalue weighted by atomic mass is 10.4. The minimum absolute atomic E-state index is 0.108. The van der Waals surface area contributed by atoms with Gasteiger partial charge in [0.05, 0.1) is 6.54 Å². The highest BCUT2D eigenvalue weighted by atomic mass is 16.2. The summed E-state index contributed by atoms with van der Waals surface area (Å²) in [6.07, 6.45) is 4.34. The van der Waals surface area contributed by atoms with Crippen LogP contribution in [0.3, 0.4) is 0 Å². The van der Waals surface area contributed by atoms with Crippen molar-refractivity contribution in [1.82, 2.24) is 15.2 Å². The van der Waals surface area contributed by atoms with Gasteiger partial charge in [-0.15, -0.1) is 0 Å². The van der Waals surface area contributed by atoms with Gasteiger partial charge in [0, 0.05) is 31.0 Å². The molecule has 88 valence electrons. The fourth-order valence-electron chi connectivity index (χ4n) is 1.73. The maximum absolute atomic E-state index is 11.4. The summed E-state index contributed by atoms with van der Waals surface area (Å²) in [7, 11) is 0. The van der Waals surface area contributed by atoms with Crippen LogP contribution in [0.1, 0.15) is 25.5 Å². The van der Waals surface area contributed by atoms with Crippen LogP contribution in [-0.4, -0.2) is 23.1 Å². The average Bonchev–Trinajstić information content (AvgIpc) is 2.96. The molecule has 1 saturated carbocycles. The number of amides is 1. The SMILES string of the molecule is CCn1cccc1CNCC(=O)NC1CC1. The molecule has 1 aliphatic rings. The normalized spacial score (nSPS) is 15.1. The Kier molecular flexibility index (Phi) is 3.62. The van der Waals surface area contributed by atoms with Crippen molar-refractivity contribution in [2.75, 3.05) is 6.54 Å². The van der Waals surface area contributed by atoms with Gasteiger partial charge < -0.3 is 15.2 Å². The number of aryl methyl sites for hydroxylation is 1. The zero-order valence-corrected chi connectivity index (χ0v) is 9.70. The zero-order chi connectivity index (χ0) is 11.4. The van der Waals surface area contributed by atoms with E-state index in [4.69, 9.17) is 0 Å². The zero-order valence-electron chi connectivity index (χ0n) is 9.70. The van der Waals surface area contributed by atoms with E-state index in [-0.39, 0.29) is 5.91 Å². The molecule has 1 aromatic heterocycles. The molecule has 0 bridgehead atoms. The molecule has 0 aliphatic heterocycles. The van der Waals surface area contributed by atoms with Crippen LogP contribution in [0.4, 0.5) is 0 Å². The molecule has 16 heavy (non-hydrogen) atoms. The van der Waals surface area contributed by atoms with Crippen molar-refractivity contribution in [1.29, 1.82) is 0 Å². The minimum atomic E-state index is 0.108. The van der Waals surface area contributed by atoms with Crippen LogP contribution in [0.2, 0.25) is 0 Å². The number of nitrogens with zero attached hydrogens (tertiary/aromatic N) is 1. The van der Waals surface area contributed by atoms with E-state index < -0.39 is 0 Å². The number of rotatable bonds is 6. The third-order valence-corrected chi connectivity index (χ3v) is 2.80. The number of nitrogens with one attached hydrogen (secondary N) is 2. The molecule has 0 unspecified atom stereocenters. The molecule has 0 aromatic carbocycles. The molecule has 4 heteroatoms. The second-order valence-electron chi connectivity index (χ2n) is 4.23. The Morgan fingerprint density at radius 1 is 1.56 bits per heavy atom. The van der Waals surface area contributed by atoms with Gasteiger partial charge in [-0.2, -0.15) is 0 Å². The third-order valence-electron chi connectivity index (χ3n) is 2.80. The molecule has 0 radical (unpaired) electrons. The first-order chi connectivity index (χ1) is 7.79. The summed E-state index contributed by atoms with van der Waals surface area (Å²) in [5, 5.41) is 6.12. The fraction of sp³-hybridized carbons (Fsp3) is 0.583. The van der Waals surface area contributed by atoms with Crippen LogP contribution in [-0.2, 0) is 17.9 Å².